The van der Waals surface area contributed by atoms with Crippen LogP contribution in [0.25, 0.3) is 10.2 Å². The topological polar surface area (TPSA) is 104 Å². The number of rotatable bonds is 8. The standard InChI is InChI=1S/C20H23N3O5S/c1-5-11(2)18(20(25)26-4)22-19(24)16-9-14(28-23-16)10-27-13-6-7-17-15(8-13)21-12(3)29-17/h6-9,11,18H,5,10H2,1-4H3,(H,22,24)/t11-,18-/m0/s1. The average Bonchev–Trinajstić information content (AvgIpc) is 3.34. The fourth-order valence-electron chi connectivity index (χ4n) is 2.77. The first-order chi connectivity index (χ1) is 13.9. The Morgan fingerprint density at radius 1 is 1.31 bits per heavy atom. The molecule has 2 heterocycles. The lowest BCUT2D eigenvalue weighted by atomic mass is 9.99. The third kappa shape index (κ3) is 4.92. The Morgan fingerprint density at radius 3 is 2.83 bits per heavy atom. The SMILES string of the molecule is CC[C@H](C)[C@H](NC(=O)c1cc(COc2ccc3sc(C)nc3c2)on1)C(=O)OC. The minimum absolute atomic E-state index is 0.0754. The quantitative estimate of drug-likeness (QED) is 0.560. The van der Waals surface area contributed by atoms with Crippen molar-refractivity contribution in [2.45, 2.75) is 39.8 Å². The maximum Gasteiger partial charge on any atom is 0.328 e. The van der Waals surface area contributed by atoms with E-state index in [4.69, 9.17) is 14.0 Å². The van der Waals surface area contributed by atoms with Crippen LogP contribution in [0.3, 0.4) is 0 Å². The maximum atomic E-state index is 12.4. The van der Waals surface area contributed by atoms with Gasteiger partial charge >= 0.3 is 5.97 Å². The third-order valence-corrected chi connectivity index (χ3v) is 5.55. The van der Waals surface area contributed by atoms with Gasteiger partial charge in [-0.3, -0.25) is 4.79 Å². The van der Waals surface area contributed by atoms with E-state index in [9.17, 15) is 9.59 Å². The highest BCUT2D eigenvalue weighted by Gasteiger charge is 2.28. The van der Waals surface area contributed by atoms with Crippen molar-refractivity contribution in [1.29, 1.82) is 0 Å². The highest BCUT2D eigenvalue weighted by molar-refractivity contribution is 7.18. The van der Waals surface area contributed by atoms with Gasteiger partial charge in [-0.1, -0.05) is 25.4 Å². The number of aryl methyl sites for hydroxylation is 1. The van der Waals surface area contributed by atoms with Crippen LogP contribution >= 0.6 is 11.3 Å². The Balaban J connectivity index is 1.62. The first-order valence-electron chi connectivity index (χ1n) is 9.25. The van der Waals surface area contributed by atoms with Gasteiger partial charge in [0.05, 0.1) is 22.3 Å². The number of amides is 1. The largest absolute Gasteiger partial charge is 0.485 e. The van der Waals surface area contributed by atoms with E-state index >= 15 is 0 Å². The number of nitrogens with zero attached hydrogens (tertiary/aromatic N) is 2. The molecule has 0 spiro atoms. The zero-order valence-electron chi connectivity index (χ0n) is 16.7. The van der Waals surface area contributed by atoms with E-state index < -0.39 is 17.9 Å². The van der Waals surface area contributed by atoms with Crippen molar-refractivity contribution in [3.05, 3.63) is 40.7 Å². The first kappa shape index (κ1) is 20.8. The van der Waals surface area contributed by atoms with Gasteiger partial charge in [0.2, 0.25) is 0 Å². The van der Waals surface area contributed by atoms with E-state index in [1.165, 1.54) is 13.2 Å². The van der Waals surface area contributed by atoms with Gasteiger partial charge < -0.3 is 19.3 Å². The molecule has 3 aromatic rings. The zero-order chi connectivity index (χ0) is 21.0. The summed E-state index contributed by atoms with van der Waals surface area (Å²) in [6, 6.07) is 6.41. The summed E-state index contributed by atoms with van der Waals surface area (Å²) in [5.74, 6) is -0.0385. The number of nitrogens with one attached hydrogen (secondary N) is 1. The number of benzene rings is 1. The zero-order valence-corrected chi connectivity index (χ0v) is 17.5. The molecule has 1 N–H and O–H groups in total. The normalized spacial score (nSPS) is 13.1. The lowest BCUT2D eigenvalue weighted by Gasteiger charge is -2.21. The summed E-state index contributed by atoms with van der Waals surface area (Å²) < 4.78 is 16.8. The van der Waals surface area contributed by atoms with E-state index in [2.05, 4.69) is 15.5 Å². The second-order valence-electron chi connectivity index (χ2n) is 6.69. The smallest absolute Gasteiger partial charge is 0.328 e. The monoisotopic (exact) mass is 417 g/mol. The second-order valence-corrected chi connectivity index (χ2v) is 7.92. The van der Waals surface area contributed by atoms with Crippen LogP contribution in [-0.4, -0.2) is 35.2 Å². The van der Waals surface area contributed by atoms with Gasteiger partial charge in [-0.25, -0.2) is 9.78 Å². The Kier molecular flexibility index (Phi) is 6.48. The van der Waals surface area contributed by atoms with Crippen LogP contribution in [0.4, 0.5) is 0 Å². The maximum absolute atomic E-state index is 12.4. The molecule has 0 unspecified atom stereocenters. The lowest BCUT2D eigenvalue weighted by molar-refractivity contribution is -0.144. The van der Waals surface area contributed by atoms with Crippen LogP contribution in [0.1, 0.15) is 41.5 Å². The van der Waals surface area contributed by atoms with Gasteiger partial charge in [0.25, 0.3) is 5.91 Å². The molecule has 3 rings (SSSR count). The summed E-state index contributed by atoms with van der Waals surface area (Å²) >= 11 is 1.62. The van der Waals surface area contributed by atoms with Crippen LogP contribution in [-0.2, 0) is 16.1 Å². The fourth-order valence-corrected chi connectivity index (χ4v) is 3.57. The molecule has 0 saturated heterocycles. The van der Waals surface area contributed by atoms with Crippen molar-refractivity contribution in [3.63, 3.8) is 0 Å². The molecule has 8 nitrogen and oxygen atoms in total. The predicted octanol–water partition coefficient (Wildman–Crippen LogP) is 3.49. The summed E-state index contributed by atoms with van der Waals surface area (Å²) in [7, 11) is 1.29. The predicted molar refractivity (Wildman–Crippen MR) is 108 cm³/mol. The van der Waals surface area contributed by atoms with Crippen LogP contribution in [0, 0.1) is 12.8 Å². The minimum Gasteiger partial charge on any atom is -0.485 e. The molecular weight excluding hydrogens is 394 g/mol. The number of ether oxygens (including phenoxy) is 2. The molecule has 0 aliphatic carbocycles. The molecule has 154 valence electrons. The number of carbonyl (C=O) groups is 2. The van der Waals surface area contributed by atoms with Crippen molar-refractivity contribution in [1.82, 2.24) is 15.5 Å². The van der Waals surface area contributed by atoms with Crippen molar-refractivity contribution >= 4 is 33.4 Å². The van der Waals surface area contributed by atoms with Crippen LogP contribution in [0.15, 0.2) is 28.8 Å². The van der Waals surface area contributed by atoms with Crippen LogP contribution < -0.4 is 10.1 Å². The molecule has 0 aliphatic rings. The number of hydrogen-bond acceptors (Lipinski definition) is 8. The van der Waals surface area contributed by atoms with E-state index in [0.717, 1.165) is 15.2 Å². The molecule has 0 fully saturated rings. The number of esters is 1. The number of aromatic nitrogens is 2. The highest BCUT2D eigenvalue weighted by atomic mass is 32.1. The van der Waals surface area contributed by atoms with Crippen molar-refractivity contribution in [2.24, 2.45) is 5.92 Å². The number of methoxy groups -OCH3 is 1. The molecule has 0 radical (unpaired) electrons. The molecule has 0 aliphatic heterocycles. The number of hydrogen-bond donors (Lipinski definition) is 1. The number of thiazole rings is 1. The summed E-state index contributed by atoms with van der Waals surface area (Å²) in [5, 5.41) is 7.43. The highest BCUT2D eigenvalue weighted by Crippen LogP contribution is 2.26. The molecule has 2 aromatic heterocycles. The van der Waals surface area contributed by atoms with Gasteiger partial charge in [-0.2, -0.15) is 0 Å². The summed E-state index contributed by atoms with van der Waals surface area (Å²) in [5.41, 5.74) is 0.952. The Labute approximate surface area is 172 Å². The molecule has 2 atom stereocenters. The van der Waals surface area contributed by atoms with Crippen molar-refractivity contribution in [3.8, 4) is 5.75 Å². The molecule has 0 saturated carbocycles. The van der Waals surface area contributed by atoms with Gasteiger partial charge in [0.15, 0.2) is 11.5 Å². The first-order valence-corrected chi connectivity index (χ1v) is 10.1. The minimum atomic E-state index is -0.748. The van der Waals surface area contributed by atoms with Crippen molar-refractivity contribution in [2.75, 3.05) is 7.11 Å². The average molecular weight is 417 g/mol. The molecule has 0 bridgehead atoms. The number of carbonyl (C=O) groups excluding carboxylic acids is 2. The van der Waals surface area contributed by atoms with Crippen LogP contribution in [0.5, 0.6) is 5.75 Å². The van der Waals surface area contributed by atoms with E-state index in [-0.39, 0.29) is 18.2 Å². The van der Waals surface area contributed by atoms with E-state index in [0.29, 0.717) is 17.9 Å². The van der Waals surface area contributed by atoms with Crippen molar-refractivity contribution < 1.29 is 23.6 Å². The molecule has 1 amide bonds. The van der Waals surface area contributed by atoms with Crippen LogP contribution in [0.2, 0.25) is 0 Å². The number of fused-ring (bicyclic) bond motifs is 1. The molecule has 1 aromatic carbocycles. The van der Waals surface area contributed by atoms with Gasteiger partial charge in [0, 0.05) is 12.1 Å². The Hall–Kier alpha value is -2.94. The molecule has 29 heavy (non-hydrogen) atoms. The van der Waals surface area contributed by atoms with E-state index in [1.54, 1.807) is 11.3 Å². The molecule has 9 heteroatoms. The Morgan fingerprint density at radius 2 is 2.10 bits per heavy atom. The third-order valence-electron chi connectivity index (χ3n) is 4.59. The van der Waals surface area contributed by atoms with E-state index in [1.807, 2.05) is 39.0 Å². The lowest BCUT2D eigenvalue weighted by Crippen LogP contribution is -2.45. The summed E-state index contributed by atoms with van der Waals surface area (Å²) in [6.45, 7) is 5.87. The second kappa shape index (κ2) is 9.04. The molecular formula is C20H23N3O5S. The van der Waals surface area contributed by atoms with Gasteiger partial charge in [-0.15, -0.1) is 11.3 Å². The fraction of sp³-hybridized carbons (Fsp3) is 0.400. The summed E-state index contributed by atoms with van der Waals surface area (Å²) in [6.07, 6.45) is 0.709. The van der Waals surface area contributed by atoms with Gasteiger partial charge in [0.1, 0.15) is 18.4 Å². The van der Waals surface area contributed by atoms with Gasteiger partial charge in [-0.05, 0) is 25.0 Å². The summed E-state index contributed by atoms with van der Waals surface area (Å²) in [4.78, 5) is 28.8. The Bertz CT molecular complexity index is 1010.